The van der Waals surface area contributed by atoms with Crippen molar-refractivity contribution in [2.45, 2.75) is 26.3 Å². The van der Waals surface area contributed by atoms with Gasteiger partial charge in [-0.25, -0.2) is 4.98 Å². The predicted molar refractivity (Wildman–Crippen MR) is 97.7 cm³/mol. The SMILES string of the molecule is COc1ccc(CCC(=O)NCc2sc(-c3ccco3)nc2C)cc1. The summed E-state index contributed by atoms with van der Waals surface area (Å²) in [6, 6.07) is 11.5. The Bertz CT molecular complexity index is 823. The van der Waals surface area contributed by atoms with Gasteiger partial charge in [-0.15, -0.1) is 11.3 Å². The summed E-state index contributed by atoms with van der Waals surface area (Å²) in [5.41, 5.74) is 2.04. The minimum atomic E-state index is 0.0307. The zero-order chi connectivity index (χ0) is 17.6. The average Bonchev–Trinajstić information content (AvgIpc) is 3.28. The second-order valence-electron chi connectivity index (χ2n) is 5.63. The van der Waals surface area contributed by atoms with Gasteiger partial charge in [0.2, 0.25) is 5.91 Å². The van der Waals surface area contributed by atoms with Crippen LogP contribution in [-0.2, 0) is 17.8 Å². The molecular weight excluding hydrogens is 336 g/mol. The lowest BCUT2D eigenvalue weighted by molar-refractivity contribution is -0.121. The number of hydrogen-bond acceptors (Lipinski definition) is 5. The monoisotopic (exact) mass is 356 g/mol. The van der Waals surface area contributed by atoms with Gasteiger partial charge in [0.1, 0.15) is 5.75 Å². The van der Waals surface area contributed by atoms with Crippen LogP contribution in [0.3, 0.4) is 0 Å². The molecule has 3 rings (SSSR count). The Hall–Kier alpha value is -2.60. The van der Waals surface area contributed by atoms with Crippen LogP contribution >= 0.6 is 11.3 Å². The van der Waals surface area contributed by atoms with E-state index < -0.39 is 0 Å². The first kappa shape index (κ1) is 17.2. The van der Waals surface area contributed by atoms with Crippen molar-refractivity contribution in [3.05, 3.63) is 58.8 Å². The fourth-order valence-electron chi connectivity index (χ4n) is 2.42. The highest BCUT2D eigenvalue weighted by Crippen LogP contribution is 2.28. The lowest BCUT2D eigenvalue weighted by atomic mass is 10.1. The molecule has 25 heavy (non-hydrogen) atoms. The zero-order valence-electron chi connectivity index (χ0n) is 14.2. The van der Waals surface area contributed by atoms with Crippen molar-refractivity contribution in [3.63, 3.8) is 0 Å². The normalized spacial score (nSPS) is 10.6. The number of nitrogens with one attached hydrogen (secondary N) is 1. The Labute approximate surface area is 150 Å². The molecule has 0 fully saturated rings. The molecule has 0 radical (unpaired) electrons. The number of benzene rings is 1. The molecule has 1 N–H and O–H groups in total. The van der Waals surface area contributed by atoms with Gasteiger partial charge in [0, 0.05) is 11.3 Å². The summed E-state index contributed by atoms with van der Waals surface area (Å²) in [5, 5.41) is 3.81. The van der Waals surface area contributed by atoms with Gasteiger partial charge in [-0.2, -0.15) is 0 Å². The number of amides is 1. The molecule has 0 atom stereocenters. The highest BCUT2D eigenvalue weighted by atomic mass is 32.1. The quantitative estimate of drug-likeness (QED) is 0.696. The number of rotatable bonds is 7. The number of methoxy groups -OCH3 is 1. The second kappa shape index (κ2) is 7.98. The molecule has 6 heteroatoms. The van der Waals surface area contributed by atoms with Crippen LogP contribution in [0.5, 0.6) is 5.75 Å². The Kier molecular flexibility index (Phi) is 5.50. The standard InChI is InChI=1S/C19H20N2O3S/c1-13-17(25-19(21-13)16-4-3-11-24-16)12-20-18(22)10-7-14-5-8-15(23-2)9-6-14/h3-6,8-9,11H,7,10,12H2,1-2H3,(H,20,22). The van der Waals surface area contributed by atoms with E-state index in [1.165, 1.54) is 0 Å². The molecule has 0 saturated carbocycles. The number of hydrogen-bond donors (Lipinski definition) is 1. The van der Waals surface area contributed by atoms with Gasteiger partial charge >= 0.3 is 0 Å². The van der Waals surface area contributed by atoms with Crippen LogP contribution in [0.2, 0.25) is 0 Å². The third kappa shape index (κ3) is 4.48. The highest BCUT2D eigenvalue weighted by molar-refractivity contribution is 7.15. The van der Waals surface area contributed by atoms with E-state index in [0.29, 0.717) is 19.4 Å². The lowest BCUT2D eigenvalue weighted by Gasteiger charge is -2.05. The molecule has 130 valence electrons. The Balaban J connectivity index is 1.50. The summed E-state index contributed by atoms with van der Waals surface area (Å²) in [6.45, 7) is 2.44. The minimum Gasteiger partial charge on any atom is -0.497 e. The summed E-state index contributed by atoms with van der Waals surface area (Å²) in [5.74, 6) is 1.61. The van der Waals surface area contributed by atoms with Gasteiger partial charge in [0.05, 0.1) is 25.6 Å². The van der Waals surface area contributed by atoms with Crippen molar-refractivity contribution < 1.29 is 13.9 Å². The highest BCUT2D eigenvalue weighted by Gasteiger charge is 2.12. The first-order chi connectivity index (χ1) is 12.2. The van der Waals surface area contributed by atoms with Crippen molar-refractivity contribution in [1.82, 2.24) is 10.3 Å². The Morgan fingerprint density at radius 1 is 1.28 bits per heavy atom. The van der Waals surface area contributed by atoms with Crippen molar-refractivity contribution >= 4 is 17.2 Å². The number of carbonyl (C=O) groups excluding carboxylic acids is 1. The van der Waals surface area contributed by atoms with E-state index in [0.717, 1.165) is 32.7 Å². The van der Waals surface area contributed by atoms with Crippen LogP contribution < -0.4 is 10.1 Å². The lowest BCUT2D eigenvalue weighted by Crippen LogP contribution is -2.22. The van der Waals surface area contributed by atoms with Crippen LogP contribution in [-0.4, -0.2) is 18.0 Å². The third-order valence-electron chi connectivity index (χ3n) is 3.87. The maximum absolute atomic E-state index is 12.1. The van der Waals surface area contributed by atoms with E-state index in [-0.39, 0.29) is 5.91 Å². The van der Waals surface area contributed by atoms with Gasteiger partial charge in [0.15, 0.2) is 10.8 Å². The van der Waals surface area contributed by atoms with Gasteiger partial charge in [0.25, 0.3) is 0 Å². The van der Waals surface area contributed by atoms with E-state index >= 15 is 0 Å². The molecule has 0 unspecified atom stereocenters. The summed E-state index contributed by atoms with van der Waals surface area (Å²) in [6.07, 6.45) is 2.79. The smallest absolute Gasteiger partial charge is 0.220 e. The van der Waals surface area contributed by atoms with E-state index in [2.05, 4.69) is 10.3 Å². The number of ether oxygens (including phenoxy) is 1. The van der Waals surface area contributed by atoms with E-state index in [4.69, 9.17) is 9.15 Å². The number of aromatic nitrogens is 1. The molecule has 1 amide bonds. The Morgan fingerprint density at radius 3 is 2.76 bits per heavy atom. The maximum Gasteiger partial charge on any atom is 0.220 e. The second-order valence-corrected chi connectivity index (χ2v) is 6.71. The summed E-state index contributed by atoms with van der Waals surface area (Å²) >= 11 is 1.54. The van der Waals surface area contributed by atoms with Crippen molar-refractivity contribution in [1.29, 1.82) is 0 Å². The summed E-state index contributed by atoms with van der Waals surface area (Å²) in [7, 11) is 1.64. The topological polar surface area (TPSA) is 64.4 Å². The number of aryl methyl sites for hydroxylation is 2. The minimum absolute atomic E-state index is 0.0307. The fourth-order valence-corrected chi connectivity index (χ4v) is 3.39. The van der Waals surface area contributed by atoms with Gasteiger partial charge < -0.3 is 14.5 Å². The van der Waals surface area contributed by atoms with Gasteiger partial charge in [-0.1, -0.05) is 12.1 Å². The first-order valence-corrected chi connectivity index (χ1v) is 8.87. The van der Waals surface area contributed by atoms with Crippen LogP contribution in [0.4, 0.5) is 0 Å². The predicted octanol–water partition coefficient (Wildman–Crippen LogP) is 3.97. The van der Waals surface area contributed by atoms with E-state index in [9.17, 15) is 4.79 Å². The van der Waals surface area contributed by atoms with Crippen molar-refractivity contribution in [3.8, 4) is 16.5 Å². The van der Waals surface area contributed by atoms with Crippen LogP contribution in [0, 0.1) is 6.92 Å². The largest absolute Gasteiger partial charge is 0.497 e. The molecule has 2 aromatic heterocycles. The van der Waals surface area contributed by atoms with Crippen molar-refractivity contribution in [2.24, 2.45) is 0 Å². The molecule has 0 aliphatic carbocycles. The number of thiazole rings is 1. The molecule has 0 aliphatic heterocycles. The molecule has 0 aliphatic rings. The molecular formula is C19H20N2O3S. The molecule has 1 aromatic carbocycles. The number of furan rings is 1. The fraction of sp³-hybridized carbons (Fsp3) is 0.263. The molecule has 0 saturated heterocycles. The molecule has 2 heterocycles. The van der Waals surface area contributed by atoms with E-state index in [1.54, 1.807) is 24.7 Å². The van der Waals surface area contributed by atoms with Crippen LogP contribution in [0.1, 0.15) is 22.6 Å². The number of nitrogens with zero attached hydrogens (tertiary/aromatic N) is 1. The zero-order valence-corrected chi connectivity index (χ0v) is 15.1. The summed E-state index contributed by atoms with van der Waals surface area (Å²) < 4.78 is 10.5. The van der Waals surface area contributed by atoms with Gasteiger partial charge in [-0.05, 0) is 43.2 Å². The first-order valence-electron chi connectivity index (χ1n) is 8.05. The summed E-state index contributed by atoms with van der Waals surface area (Å²) in [4.78, 5) is 17.6. The molecule has 0 spiro atoms. The molecule has 5 nitrogen and oxygen atoms in total. The van der Waals surface area contributed by atoms with Crippen LogP contribution in [0.15, 0.2) is 47.1 Å². The van der Waals surface area contributed by atoms with E-state index in [1.807, 2.05) is 43.3 Å². The average molecular weight is 356 g/mol. The maximum atomic E-state index is 12.1. The third-order valence-corrected chi connectivity index (χ3v) is 5.04. The number of carbonyl (C=O) groups is 1. The van der Waals surface area contributed by atoms with Crippen molar-refractivity contribution in [2.75, 3.05) is 7.11 Å². The molecule has 0 bridgehead atoms. The van der Waals surface area contributed by atoms with Gasteiger partial charge in [-0.3, -0.25) is 4.79 Å². The van der Waals surface area contributed by atoms with Crippen LogP contribution in [0.25, 0.3) is 10.8 Å². The molecule has 3 aromatic rings. The Morgan fingerprint density at radius 2 is 2.08 bits per heavy atom.